The van der Waals surface area contributed by atoms with E-state index in [-0.39, 0.29) is 12.7 Å². The van der Waals surface area contributed by atoms with Crippen molar-refractivity contribution in [3.8, 4) is 16.3 Å². The lowest BCUT2D eigenvalue weighted by atomic mass is 10.2. The van der Waals surface area contributed by atoms with Crippen molar-refractivity contribution in [1.29, 1.82) is 0 Å². The molecular formula is C15H15N3O3S. The van der Waals surface area contributed by atoms with E-state index in [1.165, 1.54) is 0 Å². The molecule has 3 aromatic rings. The molecule has 22 heavy (non-hydrogen) atoms. The molecule has 2 aromatic heterocycles. The maximum atomic E-state index is 5.80. The van der Waals surface area contributed by atoms with Crippen LogP contribution in [0.5, 0.6) is 5.75 Å². The summed E-state index contributed by atoms with van der Waals surface area (Å²) in [6.07, 6.45) is 1.56. The Morgan fingerprint density at radius 1 is 1.32 bits per heavy atom. The Kier molecular flexibility index (Phi) is 4.45. The van der Waals surface area contributed by atoms with Gasteiger partial charge in [-0.1, -0.05) is 17.3 Å². The second-order valence-electron chi connectivity index (χ2n) is 4.55. The number of para-hydroxylation sites is 1. The molecule has 0 radical (unpaired) electrons. The Morgan fingerprint density at radius 2 is 2.18 bits per heavy atom. The second-order valence-corrected chi connectivity index (χ2v) is 5.44. The van der Waals surface area contributed by atoms with Crippen molar-refractivity contribution in [2.24, 2.45) is 0 Å². The predicted molar refractivity (Wildman–Crippen MR) is 81.6 cm³/mol. The van der Waals surface area contributed by atoms with Crippen molar-refractivity contribution in [3.05, 3.63) is 47.6 Å². The van der Waals surface area contributed by atoms with E-state index in [1.807, 2.05) is 36.6 Å². The van der Waals surface area contributed by atoms with Gasteiger partial charge in [0.1, 0.15) is 16.9 Å². The van der Waals surface area contributed by atoms with Crippen molar-refractivity contribution in [3.63, 3.8) is 0 Å². The van der Waals surface area contributed by atoms with Crippen molar-refractivity contribution >= 4 is 11.3 Å². The van der Waals surface area contributed by atoms with E-state index < -0.39 is 0 Å². The van der Waals surface area contributed by atoms with Crippen molar-refractivity contribution in [2.45, 2.75) is 19.6 Å². The first kappa shape index (κ1) is 14.7. The van der Waals surface area contributed by atoms with Crippen LogP contribution in [0.1, 0.15) is 24.7 Å². The van der Waals surface area contributed by atoms with Gasteiger partial charge in [-0.15, -0.1) is 11.3 Å². The molecule has 0 aliphatic carbocycles. The fraction of sp³-hybridized carbons (Fsp3) is 0.267. The Bertz CT molecular complexity index is 727. The molecule has 1 unspecified atom stereocenters. The molecule has 7 heteroatoms. The number of methoxy groups -OCH3 is 1. The summed E-state index contributed by atoms with van der Waals surface area (Å²) in [6.45, 7) is 2.05. The van der Waals surface area contributed by atoms with Gasteiger partial charge < -0.3 is 14.0 Å². The quantitative estimate of drug-likeness (QED) is 0.693. The van der Waals surface area contributed by atoms with Crippen LogP contribution in [-0.4, -0.2) is 22.2 Å². The maximum absolute atomic E-state index is 5.80. The standard InChI is InChI=1S/C15H15N3O3S/c1-10(19-2)14-17-13(21-18-14)9-20-12-6-4-3-5-11(12)15-16-7-8-22-15/h3-8,10H,9H2,1-2H3. The molecule has 0 fully saturated rings. The zero-order valence-electron chi connectivity index (χ0n) is 12.2. The topological polar surface area (TPSA) is 70.3 Å². The van der Waals surface area contributed by atoms with Gasteiger partial charge in [-0.3, -0.25) is 0 Å². The molecule has 0 saturated carbocycles. The number of thiazole rings is 1. The highest BCUT2D eigenvalue weighted by molar-refractivity contribution is 7.13. The van der Waals surface area contributed by atoms with E-state index in [1.54, 1.807) is 24.6 Å². The molecule has 1 aromatic carbocycles. The summed E-state index contributed by atoms with van der Waals surface area (Å²) < 4.78 is 16.1. The van der Waals surface area contributed by atoms with E-state index in [0.717, 1.165) is 16.3 Å². The molecule has 3 rings (SSSR count). The zero-order chi connectivity index (χ0) is 15.4. The number of rotatable bonds is 6. The lowest BCUT2D eigenvalue weighted by Gasteiger charge is -2.07. The van der Waals surface area contributed by atoms with Gasteiger partial charge in [0.05, 0.1) is 5.56 Å². The van der Waals surface area contributed by atoms with Crippen LogP contribution in [0.25, 0.3) is 10.6 Å². The highest BCUT2D eigenvalue weighted by atomic mass is 32.1. The molecule has 0 aliphatic rings. The Labute approximate surface area is 131 Å². The van der Waals surface area contributed by atoms with Crippen LogP contribution >= 0.6 is 11.3 Å². The summed E-state index contributed by atoms with van der Waals surface area (Å²) in [6, 6.07) is 7.74. The van der Waals surface area contributed by atoms with Gasteiger partial charge >= 0.3 is 0 Å². The van der Waals surface area contributed by atoms with E-state index >= 15 is 0 Å². The van der Waals surface area contributed by atoms with Crippen LogP contribution in [0, 0.1) is 0 Å². The molecule has 1 atom stereocenters. The molecule has 2 heterocycles. The molecule has 0 spiro atoms. The minimum absolute atomic E-state index is 0.200. The van der Waals surface area contributed by atoms with Gasteiger partial charge in [0, 0.05) is 18.7 Å². The van der Waals surface area contributed by atoms with Crippen LogP contribution in [0.2, 0.25) is 0 Å². The summed E-state index contributed by atoms with van der Waals surface area (Å²) in [7, 11) is 1.60. The predicted octanol–water partition coefficient (Wildman–Crippen LogP) is 3.48. The average molecular weight is 317 g/mol. The summed E-state index contributed by atoms with van der Waals surface area (Å²) >= 11 is 1.56. The molecule has 6 nitrogen and oxygen atoms in total. The zero-order valence-corrected chi connectivity index (χ0v) is 13.0. The highest BCUT2D eigenvalue weighted by Crippen LogP contribution is 2.31. The van der Waals surface area contributed by atoms with Gasteiger partial charge in [-0.2, -0.15) is 4.98 Å². The molecular weight excluding hydrogens is 302 g/mol. The monoisotopic (exact) mass is 317 g/mol. The Hall–Kier alpha value is -2.25. The number of nitrogens with zero attached hydrogens (tertiary/aromatic N) is 3. The van der Waals surface area contributed by atoms with Gasteiger partial charge in [0.2, 0.25) is 0 Å². The number of benzene rings is 1. The van der Waals surface area contributed by atoms with Crippen LogP contribution in [0.15, 0.2) is 40.4 Å². The van der Waals surface area contributed by atoms with Crippen LogP contribution in [-0.2, 0) is 11.3 Å². The molecule has 0 saturated heterocycles. The van der Waals surface area contributed by atoms with E-state index in [2.05, 4.69) is 15.1 Å². The van der Waals surface area contributed by atoms with E-state index in [4.69, 9.17) is 14.0 Å². The van der Waals surface area contributed by atoms with Crippen LogP contribution in [0.4, 0.5) is 0 Å². The fourth-order valence-electron chi connectivity index (χ4n) is 1.86. The first-order valence-electron chi connectivity index (χ1n) is 6.75. The first-order chi connectivity index (χ1) is 10.8. The first-order valence-corrected chi connectivity index (χ1v) is 7.63. The molecule has 114 valence electrons. The smallest absolute Gasteiger partial charge is 0.264 e. The van der Waals surface area contributed by atoms with Crippen LogP contribution < -0.4 is 4.74 Å². The summed E-state index contributed by atoms with van der Waals surface area (Å²) in [5.74, 6) is 1.65. The van der Waals surface area contributed by atoms with Crippen molar-refractivity contribution < 1.29 is 14.0 Å². The van der Waals surface area contributed by atoms with Crippen molar-refractivity contribution in [1.82, 2.24) is 15.1 Å². The third-order valence-corrected chi connectivity index (χ3v) is 3.91. The van der Waals surface area contributed by atoms with Gasteiger partial charge in [-0.05, 0) is 19.1 Å². The van der Waals surface area contributed by atoms with Crippen LogP contribution in [0.3, 0.4) is 0 Å². The maximum Gasteiger partial charge on any atom is 0.264 e. The number of aromatic nitrogens is 3. The van der Waals surface area contributed by atoms with Gasteiger partial charge in [0.15, 0.2) is 12.4 Å². The lowest BCUT2D eigenvalue weighted by molar-refractivity contribution is 0.109. The minimum atomic E-state index is -0.208. The average Bonchev–Trinajstić information content (AvgIpc) is 3.24. The number of hydrogen-bond donors (Lipinski definition) is 0. The molecule has 0 N–H and O–H groups in total. The highest BCUT2D eigenvalue weighted by Gasteiger charge is 2.14. The van der Waals surface area contributed by atoms with E-state index in [0.29, 0.717) is 11.7 Å². The Morgan fingerprint density at radius 3 is 2.95 bits per heavy atom. The molecule has 0 amide bonds. The van der Waals surface area contributed by atoms with E-state index in [9.17, 15) is 0 Å². The molecule has 0 bridgehead atoms. The SMILES string of the molecule is COC(C)c1noc(COc2ccccc2-c2nccs2)n1. The largest absolute Gasteiger partial charge is 0.483 e. The minimum Gasteiger partial charge on any atom is -0.483 e. The normalized spacial score (nSPS) is 12.3. The molecule has 0 aliphatic heterocycles. The number of hydrogen-bond acceptors (Lipinski definition) is 7. The third-order valence-electron chi connectivity index (χ3n) is 3.10. The second kappa shape index (κ2) is 6.67. The summed E-state index contributed by atoms with van der Waals surface area (Å²) in [5, 5.41) is 6.72. The third kappa shape index (κ3) is 3.15. The fourth-order valence-corrected chi connectivity index (χ4v) is 2.53. The lowest BCUT2D eigenvalue weighted by Crippen LogP contribution is -2.00. The summed E-state index contributed by atoms with van der Waals surface area (Å²) in [5.41, 5.74) is 0.947. The van der Waals surface area contributed by atoms with Gasteiger partial charge in [-0.25, -0.2) is 4.98 Å². The number of ether oxygens (including phenoxy) is 2. The Balaban J connectivity index is 1.73. The summed E-state index contributed by atoms with van der Waals surface area (Å²) in [4.78, 5) is 8.56. The van der Waals surface area contributed by atoms with Gasteiger partial charge in [0.25, 0.3) is 5.89 Å². The van der Waals surface area contributed by atoms with Crippen molar-refractivity contribution in [2.75, 3.05) is 7.11 Å².